The summed E-state index contributed by atoms with van der Waals surface area (Å²) in [6.07, 6.45) is -3.84. The van der Waals surface area contributed by atoms with Crippen LogP contribution in [0.4, 0.5) is 24.5 Å². The van der Waals surface area contributed by atoms with Crippen LogP contribution in [0.5, 0.6) is 5.75 Å². The van der Waals surface area contributed by atoms with E-state index in [2.05, 4.69) is 10.1 Å². The van der Waals surface area contributed by atoms with E-state index in [9.17, 15) is 26.1 Å². The molecule has 30 heavy (non-hydrogen) atoms. The van der Waals surface area contributed by atoms with E-state index in [1.54, 1.807) is 0 Å². The van der Waals surface area contributed by atoms with Gasteiger partial charge in [-0.3, -0.25) is 4.55 Å². The highest BCUT2D eigenvalue weighted by Gasteiger charge is 2.31. The van der Waals surface area contributed by atoms with E-state index in [4.69, 9.17) is 0 Å². The van der Waals surface area contributed by atoms with E-state index in [1.165, 1.54) is 30.3 Å². The number of nitrogens with one attached hydrogen (secondary N) is 1. The molecule has 0 heterocycles. The lowest BCUT2D eigenvalue weighted by atomic mass is 9.85. The van der Waals surface area contributed by atoms with Gasteiger partial charge in [0.2, 0.25) is 0 Å². The predicted octanol–water partition coefficient (Wildman–Crippen LogP) is 5.07. The summed E-state index contributed by atoms with van der Waals surface area (Å²) in [6.45, 7) is 0. The second kappa shape index (κ2) is 7.33. The van der Waals surface area contributed by atoms with Crippen molar-refractivity contribution in [1.82, 2.24) is 0 Å². The first kappa shape index (κ1) is 20.2. The minimum atomic E-state index is -4.83. The van der Waals surface area contributed by atoms with Gasteiger partial charge < -0.3 is 10.1 Å². The molecule has 0 radical (unpaired) electrons. The SMILES string of the molecule is O=S(=O)(O)c1cc2c(c(Nc3cccc(OC(F)(F)F)c3)c1)Cc1ccccc1C2. The van der Waals surface area contributed by atoms with Crippen molar-refractivity contribution in [3.8, 4) is 5.75 Å². The molecule has 0 aromatic heterocycles. The average molecular weight is 435 g/mol. The Morgan fingerprint density at radius 1 is 0.900 bits per heavy atom. The molecule has 2 N–H and O–H groups in total. The highest BCUT2D eigenvalue weighted by atomic mass is 32.2. The topological polar surface area (TPSA) is 75.6 Å². The van der Waals surface area contributed by atoms with Crippen molar-refractivity contribution >= 4 is 21.5 Å². The molecule has 9 heteroatoms. The minimum absolute atomic E-state index is 0.283. The van der Waals surface area contributed by atoms with Crippen molar-refractivity contribution < 1.29 is 30.9 Å². The summed E-state index contributed by atoms with van der Waals surface area (Å²) in [4.78, 5) is -0.286. The van der Waals surface area contributed by atoms with Crippen LogP contribution in [0, 0.1) is 0 Å². The van der Waals surface area contributed by atoms with Crippen molar-refractivity contribution in [2.75, 3.05) is 5.32 Å². The van der Waals surface area contributed by atoms with E-state index >= 15 is 0 Å². The summed E-state index contributed by atoms with van der Waals surface area (Å²) >= 11 is 0. The Morgan fingerprint density at radius 2 is 1.60 bits per heavy atom. The summed E-state index contributed by atoms with van der Waals surface area (Å²) in [5.41, 5.74) is 4.31. The number of benzene rings is 3. The van der Waals surface area contributed by atoms with Gasteiger partial charge in [0.25, 0.3) is 10.1 Å². The number of rotatable bonds is 4. The zero-order chi connectivity index (χ0) is 21.5. The maximum Gasteiger partial charge on any atom is 0.573 e. The maximum atomic E-state index is 12.5. The lowest BCUT2D eigenvalue weighted by Crippen LogP contribution is -2.17. The van der Waals surface area contributed by atoms with Crippen LogP contribution in [-0.2, 0) is 23.0 Å². The third kappa shape index (κ3) is 4.42. The highest BCUT2D eigenvalue weighted by Crippen LogP contribution is 2.36. The first-order chi connectivity index (χ1) is 14.1. The quantitative estimate of drug-likeness (QED) is 0.438. The van der Waals surface area contributed by atoms with Crippen LogP contribution in [0.15, 0.2) is 65.6 Å². The molecule has 156 valence electrons. The van der Waals surface area contributed by atoms with Gasteiger partial charge in [0.15, 0.2) is 0 Å². The number of hydrogen-bond acceptors (Lipinski definition) is 4. The molecular weight excluding hydrogens is 419 g/mol. The smallest absolute Gasteiger partial charge is 0.406 e. The van der Waals surface area contributed by atoms with Gasteiger partial charge in [-0.25, -0.2) is 0 Å². The van der Waals surface area contributed by atoms with Crippen molar-refractivity contribution in [3.05, 3.63) is 82.9 Å². The Labute approximate surface area is 170 Å². The zero-order valence-electron chi connectivity index (χ0n) is 15.4. The molecule has 3 aromatic carbocycles. The molecule has 4 rings (SSSR count). The van der Waals surface area contributed by atoms with Gasteiger partial charge in [-0.15, -0.1) is 13.2 Å². The van der Waals surface area contributed by atoms with E-state index in [0.29, 0.717) is 24.1 Å². The number of fused-ring (bicyclic) bond motifs is 2. The van der Waals surface area contributed by atoms with Gasteiger partial charge in [0, 0.05) is 23.9 Å². The molecule has 0 bridgehead atoms. The Kier molecular flexibility index (Phi) is 4.95. The number of halogens is 3. The first-order valence-electron chi connectivity index (χ1n) is 8.91. The Balaban J connectivity index is 1.76. The van der Waals surface area contributed by atoms with Gasteiger partial charge >= 0.3 is 6.36 Å². The second-order valence-corrected chi connectivity index (χ2v) is 8.33. The van der Waals surface area contributed by atoms with Crippen LogP contribution < -0.4 is 10.1 Å². The van der Waals surface area contributed by atoms with E-state index < -0.39 is 22.2 Å². The van der Waals surface area contributed by atoms with Crippen LogP contribution in [0.2, 0.25) is 0 Å². The van der Waals surface area contributed by atoms with E-state index in [-0.39, 0.29) is 10.6 Å². The normalized spacial score (nSPS) is 13.3. The molecule has 0 fully saturated rings. The van der Waals surface area contributed by atoms with Gasteiger partial charge in [-0.1, -0.05) is 30.3 Å². The lowest BCUT2D eigenvalue weighted by molar-refractivity contribution is -0.274. The monoisotopic (exact) mass is 435 g/mol. The summed E-state index contributed by atoms with van der Waals surface area (Å²) in [7, 11) is -4.47. The molecule has 0 saturated carbocycles. The second-order valence-electron chi connectivity index (χ2n) is 6.91. The number of hydrogen-bond donors (Lipinski definition) is 2. The summed E-state index contributed by atoms with van der Waals surface area (Å²) in [5.74, 6) is -0.405. The Morgan fingerprint density at radius 3 is 2.27 bits per heavy atom. The fourth-order valence-electron chi connectivity index (χ4n) is 3.55. The van der Waals surface area contributed by atoms with Crippen molar-refractivity contribution in [1.29, 1.82) is 0 Å². The van der Waals surface area contributed by atoms with E-state index in [0.717, 1.165) is 22.8 Å². The zero-order valence-corrected chi connectivity index (χ0v) is 16.2. The Bertz CT molecular complexity index is 1220. The van der Waals surface area contributed by atoms with Gasteiger partial charge in [-0.05, 0) is 52.9 Å². The molecule has 0 saturated heterocycles. The molecule has 0 atom stereocenters. The molecule has 0 spiro atoms. The summed E-state index contributed by atoms with van der Waals surface area (Å²) in [5, 5.41) is 2.98. The third-order valence-corrected chi connectivity index (χ3v) is 5.66. The third-order valence-electron chi connectivity index (χ3n) is 4.83. The van der Waals surface area contributed by atoms with Crippen LogP contribution in [0.25, 0.3) is 0 Å². The van der Waals surface area contributed by atoms with Crippen molar-refractivity contribution in [3.63, 3.8) is 0 Å². The maximum absolute atomic E-state index is 12.5. The Hall–Kier alpha value is -3.04. The molecule has 3 aromatic rings. The van der Waals surface area contributed by atoms with Crippen LogP contribution >= 0.6 is 0 Å². The predicted molar refractivity (Wildman–Crippen MR) is 105 cm³/mol. The molecular formula is C21H16F3NO4S. The molecule has 1 aliphatic carbocycles. The van der Waals surface area contributed by atoms with E-state index in [1.807, 2.05) is 24.3 Å². The molecule has 0 aliphatic heterocycles. The molecule has 0 unspecified atom stereocenters. The molecule has 1 aliphatic rings. The molecule has 0 amide bonds. The van der Waals surface area contributed by atoms with Crippen LogP contribution in [0.1, 0.15) is 22.3 Å². The summed E-state index contributed by atoms with van der Waals surface area (Å²) in [6, 6.07) is 15.7. The van der Waals surface area contributed by atoms with Gasteiger partial charge in [0.05, 0.1) is 4.90 Å². The van der Waals surface area contributed by atoms with Crippen molar-refractivity contribution in [2.45, 2.75) is 24.1 Å². The standard InChI is InChI=1S/C21H16F3NO4S/c22-21(23,24)29-17-7-3-6-16(11-17)25-20-12-18(30(26,27)28)9-15-8-13-4-1-2-5-14(13)10-19(15)20/h1-7,9,11-12,25H,8,10H2,(H,26,27,28). The van der Waals surface area contributed by atoms with Crippen LogP contribution in [-0.4, -0.2) is 19.3 Å². The van der Waals surface area contributed by atoms with Crippen LogP contribution in [0.3, 0.4) is 0 Å². The fraction of sp³-hybridized carbons (Fsp3) is 0.143. The largest absolute Gasteiger partial charge is 0.573 e. The van der Waals surface area contributed by atoms with Gasteiger partial charge in [-0.2, -0.15) is 8.42 Å². The van der Waals surface area contributed by atoms with Crippen molar-refractivity contribution in [2.24, 2.45) is 0 Å². The molecule has 5 nitrogen and oxygen atoms in total. The average Bonchev–Trinajstić information content (AvgIpc) is 2.64. The lowest BCUT2D eigenvalue weighted by Gasteiger charge is -2.24. The minimum Gasteiger partial charge on any atom is -0.406 e. The number of alkyl halides is 3. The highest BCUT2D eigenvalue weighted by molar-refractivity contribution is 7.85. The number of anilines is 2. The fourth-order valence-corrected chi connectivity index (χ4v) is 4.11. The van der Waals surface area contributed by atoms with Gasteiger partial charge in [0.1, 0.15) is 5.75 Å². The summed E-state index contributed by atoms with van der Waals surface area (Å²) < 4.78 is 74.6. The first-order valence-corrected chi connectivity index (χ1v) is 10.4. The number of ether oxygens (including phenoxy) is 1.